The minimum Gasteiger partial charge on any atom is -0.479 e. The van der Waals surface area contributed by atoms with Crippen molar-refractivity contribution < 1.29 is 34.7 Å². The first-order valence-corrected chi connectivity index (χ1v) is 4.92. The molecule has 1 saturated heterocycles. The number of hydrogen-bond donors (Lipinski definition) is 4. The van der Waals surface area contributed by atoms with E-state index >= 15 is 0 Å². The Morgan fingerprint density at radius 3 is 2.19 bits per heavy atom. The zero-order valence-corrected chi connectivity index (χ0v) is 8.98. The zero-order valence-electron chi connectivity index (χ0n) is 8.98. The second-order valence-electron chi connectivity index (χ2n) is 3.92. The summed E-state index contributed by atoms with van der Waals surface area (Å²) >= 11 is 0. The summed E-state index contributed by atoms with van der Waals surface area (Å²) in [5, 5.41) is 37.0. The smallest absolute Gasteiger partial charge is 0.335 e. The topological polar surface area (TPSA) is 116 Å². The Hall–Kier alpha value is -0.730. The molecule has 0 amide bonds. The molecule has 1 aliphatic rings. The van der Waals surface area contributed by atoms with Gasteiger partial charge in [-0.3, -0.25) is 0 Å². The lowest BCUT2D eigenvalue weighted by atomic mass is 9.99. The lowest BCUT2D eigenvalue weighted by Gasteiger charge is -2.39. The second-order valence-corrected chi connectivity index (χ2v) is 3.92. The lowest BCUT2D eigenvalue weighted by molar-refractivity contribution is -0.301. The molecule has 0 saturated carbocycles. The highest BCUT2D eigenvalue weighted by atomic mass is 16.7. The van der Waals surface area contributed by atoms with Gasteiger partial charge in [0.1, 0.15) is 18.3 Å². The molecule has 16 heavy (non-hydrogen) atoms. The van der Waals surface area contributed by atoms with Gasteiger partial charge in [0, 0.05) is 0 Å². The number of rotatable bonds is 3. The number of aliphatic carboxylic acids is 1. The highest BCUT2D eigenvalue weighted by Gasteiger charge is 2.47. The Morgan fingerprint density at radius 1 is 1.19 bits per heavy atom. The van der Waals surface area contributed by atoms with E-state index in [0.717, 1.165) is 0 Å². The van der Waals surface area contributed by atoms with Gasteiger partial charge in [0.15, 0.2) is 12.4 Å². The van der Waals surface area contributed by atoms with Gasteiger partial charge in [-0.15, -0.1) is 0 Å². The number of carboxylic acid groups (broad SMARTS) is 1. The van der Waals surface area contributed by atoms with Crippen molar-refractivity contribution in [2.45, 2.75) is 50.7 Å². The SMILES string of the molecule is CC(C)O[C@@H]1OC(C(=O)O)[C@@H](O)C(O)[C@@H]1O. The van der Waals surface area contributed by atoms with Gasteiger partial charge >= 0.3 is 5.97 Å². The molecule has 0 aromatic heterocycles. The molecule has 0 radical (unpaired) electrons. The fraction of sp³-hybridized carbons (Fsp3) is 0.889. The van der Waals surface area contributed by atoms with Crippen molar-refractivity contribution in [3.8, 4) is 0 Å². The van der Waals surface area contributed by atoms with Gasteiger partial charge in [-0.05, 0) is 13.8 Å². The Bertz CT molecular complexity index is 254. The van der Waals surface area contributed by atoms with Gasteiger partial charge in [0.2, 0.25) is 0 Å². The molecule has 7 heteroatoms. The summed E-state index contributed by atoms with van der Waals surface area (Å²) in [6.07, 6.45) is -7.95. The van der Waals surface area contributed by atoms with Gasteiger partial charge in [0.25, 0.3) is 0 Å². The van der Waals surface area contributed by atoms with E-state index in [1.54, 1.807) is 13.8 Å². The maximum absolute atomic E-state index is 10.7. The number of hydrogen-bond acceptors (Lipinski definition) is 6. The van der Waals surface area contributed by atoms with Gasteiger partial charge in [0.05, 0.1) is 6.10 Å². The van der Waals surface area contributed by atoms with Crippen LogP contribution in [-0.4, -0.2) is 63.2 Å². The first-order valence-electron chi connectivity index (χ1n) is 4.92. The Balaban J connectivity index is 2.77. The van der Waals surface area contributed by atoms with Gasteiger partial charge in [-0.25, -0.2) is 4.79 Å². The average Bonchev–Trinajstić information content (AvgIpc) is 2.18. The molecule has 4 N–H and O–H groups in total. The van der Waals surface area contributed by atoms with Crippen molar-refractivity contribution in [3.05, 3.63) is 0 Å². The minimum absolute atomic E-state index is 0.309. The predicted molar refractivity (Wildman–Crippen MR) is 50.5 cm³/mol. The Labute approximate surface area is 92.2 Å². The third kappa shape index (κ3) is 2.69. The minimum atomic E-state index is -1.68. The summed E-state index contributed by atoms with van der Waals surface area (Å²) in [5.74, 6) is -1.42. The maximum atomic E-state index is 10.7. The van der Waals surface area contributed by atoms with Crippen LogP contribution in [0.15, 0.2) is 0 Å². The van der Waals surface area contributed by atoms with E-state index in [9.17, 15) is 20.1 Å². The van der Waals surface area contributed by atoms with Crippen molar-refractivity contribution in [2.75, 3.05) is 0 Å². The fourth-order valence-corrected chi connectivity index (χ4v) is 1.43. The van der Waals surface area contributed by atoms with Crippen LogP contribution in [-0.2, 0) is 14.3 Å². The molecule has 0 bridgehead atoms. The van der Waals surface area contributed by atoms with E-state index in [1.165, 1.54) is 0 Å². The first-order chi connectivity index (χ1) is 7.34. The van der Waals surface area contributed by atoms with Crippen LogP contribution in [0.25, 0.3) is 0 Å². The molecule has 1 rings (SSSR count). The van der Waals surface area contributed by atoms with Crippen LogP contribution in [0.3, 0.4) is 0 Å². The third-order valence-corrected chi connectivity index (χ3v) is 2.22. The van der Waals surface area contributed by atoms with E-state index in [4.69, 9.17) is 14.6 Å². The van der Waals surface area contributed by atoms with E-state index in [1.807, 2.05) is 0 Å². The second kappa shape index (κ2) is 5.07. The molecule has 1 aliphatic heterocycles. The summed E-state index contributed by atoms with van der Waals surface area (Å²) < 4.78 is 9.97. The van der Waals surface area contributed by atoms with Crippen molar-refractivity contribution in [1.82, 2.24) is 0 Å². The van der Waals surface area contributed by atoms with Gasteiger partial charge in [-0.2, -0.15) is 0 Å². The van der Waals surface area contributed by atoms with Crippen LogP contribution in [0.4, 0.5) is 0 Å². The van der Waals surface area contributed by atoms with Gasteiger partial charge < -0.3 is 29.9 Å². The Kier molecular flexibility index (Phi) is 4.22. The molecular weight excluding hydrogens is 220 g/mol. The number of carboxylic acids is 1. The van der Waals surface area contributed by atoms with Gasteiger partial charge in [-0.1, -0.05) is 0 Å². The summed E-state index contributed by atoms with van der Waals surface area (Å²) in [7, 11) is 0. The molecule has 94 valence electrons. The van der Waals surface area contributed by atoms with Crippen molar-refractivity contribution in [3.63, 3.8) is 0 Å². The fourth-order valence-electron chi connectivity index (χ4n) is 1.43. The molecule has 1 fully saturated rings. The van der Waals surface area contributed by atoms with E-state index in [-0.39, 0.29) is 6.10 Å². The van der Waals surface area contributed by atoms with Crippen molar-refractivity contribution in [2.24, 2.45) is 0 Å². The van der Waals surface area contributed by atoms with Crippen LogP contribution in [0.2, 0.25) is 0 Å². The van der Waals surface area contributed by atoms with Crippen LogP contribution in [0.5, 0.6) is 0 Å². The molecule has 7 nitrogen and oxygen atoms in total. The highest BCUT2D eigenvalue weighted by Crippen LogP contribution is 2.23. The lowest BCUT2D eigenvalue weighted by Crippen LogP contribution is -2.60. The zero-order chi connectivity index (χ0) is 12.5. The van der Waals surface area contributed by atoms with Crippen molar-refractivity contribution >= 4 is 5.97 Å². The average molecular weight is 236 g/mol. The Morgan fingerprint density at radius 2 is 1.75 bits per heavy atom. The monoisotopic (exact) mass is 236 g/mol. The largest absolute Gasteiger partial charge is 0.479 e. The molecule has 0 aromatic carbocycles. The molecular formula is C9H16O7. The normalized spacial score (nSPS) is 40.0. The molecule has 5 atom stereocenters. The standard InChI is InChI=1S/C9H16O7/c1-3(2)15-9-6(12)4(10)5(11)7(16-9)8(13)14/h3-7,9-12H,1-2H3,(H,13,14)/t4?,5-,6-,7?,9+/m0/s1. The third-order valence-electron chi connectivity index (χ3n) is 2.22. The molecule has 1 heterocycles. The quantitative estimate of drug-likeness (QED) is 0.461. The summed E-state index contributed by atoms with van der Waals surface area (Å²) in [4.78, 5) is 10.7. The number of ether oxygens (including phenoxy) is 2. The van der Waals surface area contributed by atoms with E-state index in [0.29, 0.717) is 0 Å². The number of aliphatic hydroxyl groups is 3. The molecule has 2 unspecified atom stereocenters. The highest BCUT2D eigenvalue weighted by molar-refractivity contribution is 5.73. The van der Waals surface area contributed by atoms with Crippen LogP contribution in [0.1, 0.15) is 13.8 Å². The number of aliphatic hydroxyl groups excluding tert-OH is 3. The van der Waals surface area contributed by atoms with E-state index < -0.39 is 36.7 Å². The molecule has 0 aliphatic carbocycles. The summed E-state index contributed by atoms with van der Waals surface area (Å²) in [6, 6.07) is 0. The number of carbonyl (C=O) groups is 1. The maximum Gasteiger partial charge on any atom is 0.335 e. The molecule has 0 spiro atoms. The van der Waals surface area contributed by atoms with Crippen molar-refractivity contribution in [1.29, 1.82) is 0 Å². The summed E-state index contributed by atoms with van der Waals surface area (Å²) in [6.45, 7) is 3.34. The summed E-state index contributed by atoms with van der Waals surface area (Å²) in [5.41, 5.74) is 0. The molecule has 0 aromatic rings. The van der Waals surface area contributed by atoms with Crippen LogP contribution >= 0.6 is 0 Å². The van der Waals surface area contributed by atoms with Crippen LogP contribution in [0, 0.1) is 0 Å². The first kappa shape index (κ1) is 13.3. The van der Waals surface area contributed by atoms with E-state index in [2.05, 4.69) is 0 Å². The van der Waals surface area contributed by atoms with Crippen LogP contribution < -0.4 is 0 Å². The predicted octanol–water partition coefficient (Wildman–Crippen LogP) is -1.70.